The summed E-state index contributed by atoms with van der Waals surface area (Å²) in [7, 11) is 0. The van der Waals surface area contributed by atoms with Crippen LogP contribution in [0.15, 0.2) is 11.6 Å². The summed E-state index contributed by atoms with van der Waals surface area (Å²) in [6, 6.07) is 0. The van der Waals surface area contributed by atoms with E-state index in [9.17, 15) is 4.79 Å². The van der Waals surface area contributed by atoms with Gasteiger partial charge < -0.3 is 9.53 Å². The van der Waals surface area contributed by atoms with Crippen molar-refractivity contribution in [2.75, 3.05) is 6.61 Å². The van der Waals surface area contributed by atoms with Crippen LogP contribution in [0.4, 0.5) is 0 Å². The molecule has 1 rings (SSSR count). The fourth-order valence-corrected chi connectivity index (χ4v) is 1.50. The highest BCUT2D eigenvalue weighted by Crippen LogP contribution is 2.27. The van der Waals surface area contributed by atoms with Crippen LogP contribution in [0.5, 0.6) is 0 Å². The smallest absolute Gasteiger partial charge is 0.120 e. The largest absolute Gasteiger partial charge is 0.374 e. The van der Waals surface area contributed by atoms with Crippen LogP contribution >= 0.6 is 0 Å². The van der Waals surface area contributed by atoms with Crippen molar-refractivity contribution in [3.8, 4) is 0 Å². The van der Waals surface area contributed by atoms with Gasteiger partial charge in [-0.3, -0.25) is 0 Å². The van der Waals surface area contributed by atoms with Gasteiger partial charge in [0, 0.05) is 12.3 Å². The first-order valence-corrected chi connectivity index (χ1v) is 4.00. The Hall–Kier alpha value is -0.630. The molecule has 0 N–H and O–H groups in total. The fraction of sp³-hybridized carbons (Fsp3) is 0.667. The summed E-state index contributed by atoms with van der Waals surface area (Å²) >= 11 is 0. The van der Waals surface area contributed by atoms with E-state index in [1.807, 2.05) is 13.8 Å². The molecule has 0 aromatic carbocycles. The normalized spacial score (nSPS) is 34.5. The van der Waals surface area contributed by atoms with Crippen LogP contribution in [0.1, 0.15) is 20.3 Å². The molecule has 0 amide bonds. The number of rotatable bonds is 2. The predicted molar refractivity (Wildman–Crippen MR) is 43.3 cm³/mol. The van der Waals surface area contributed by atoms with Gasteiger partial charge in [0.1, 0.15) is 6.29 Å². The molecule has 0 radical (unpaired) electrons. The number of allylic oxidation sites excluding steroid dienone is 1. The van der Waals surface area contributed by atoms with Gasteiger partial charge in [-0.25, -0.2) is 0 Å². The van der Waals surface area contributed by atoms with Crippen LogP contribution in [0.2, 0.25) is 0 Å². The summed E-state index contributed by atoms with van der Waals surface area (Å²) in [4.78, 5) is 10.3. The van der Waals surface area contributed by atoms with Crippen LogP contribution < -0.4 is 0 Å². The number of hydrogen-bond acceptors (Lipinski definition) is 2. The lowest BCUT2D eigenvalue weighted by Gasteiger charge is -2.10. The molecule has 0 aliphatic carbocycles. The summed E-state index contributed by atoms with van der Waals surface area (Å²) in [5, 5.41) is 0. The number of carbonyl (C=O) groups is 1. The molecule has 2 atom stereocenters. The predicted octanol–water partition coefficient (Wildman–Crippen LogP) is 1.56. The molecule has 1 aliphatic rings. The molecule has 0 aromatic rings. The molecule has 2 nitrogen and oxygen atoms in total. The lowest BCUT2D eigenvalue weighted by molar-refractivity contribution is -0.108. The van der Waals surface area contributed by atoms with Crippen LogP contribution in [0, 0.1) is 5.92 Å². The third-order valence-electron chi connectivity index (χ3n) is 2.28. The van der Waals surface area contributed by atoms with E-state index >= 15 is 0 Å². The number of carbonyl (C=O) groups excluding carboxylic acids is 1. The Kier molecular flexibility index (Phi) is 2.83. The van der Waals surface area contributed by atoms with E-state index in [4.69, 9.17) is 4.74 Å². The van der Waals surface area contributed by atoms with Gasteiger partial charge in [-0.05, 0) is 19.4 Å². The molecule has 11 heavy (non-hydrogen) atoms. The van der Waals surface area contributed by atoms with Crippen LogP contribution in [-0.4, -0.2) is 19.0 Å². The highest BCUT2D eigenvalue weighted by molar-refractivity contribution is 5.51. The van der Waals surface area contributed by atoms with Gasteiger partial charge >= 0.3 is 0 Å². The second-order valence-electron chi connectivity index (χ2n) is 2.89. The van der Waals surface area contributed by atoms with Crippen molar-refractivity contribution in [3.63, 3.8) is 0 Å². The van der Waals surface area contributed by atoms with E-state index < -0.39 is 0 Å². The Labute approximate surface area is 67.2 Å². The number of hydrogen-bond donors (Lipinski definition) is 0. The molecule has 0 spiro atoms. The minimum absolute atomic E-state index is 0.214. The summed E-state index contributed by atoms with van der Waals surface area (Å²) in [5.74, 6) is 0.331. The fourth-order valence-electron chi connectivity index (χ4n) is 1.50. The van der Waals surface area contributed by atoms with E-state index in [0.717, 1.165) is 6.29 Å². The Morgan fingerprint density at radius 2 is 2.45 bits per heavy atom. The first-order chi connectivity index (χ1) is 5.29. The molecule has 0 bridgehead atoms. The van der Waals surface area contributed by atoms with Gasteiger partial charge in [0.25, 0.3) is 0 Å². The molecule has 1 heterocycles. The second kappa shape index (κ2) is 3.67. The zero-order valence-electron chi connectivity index (χ0n) is 7.04. The maximum atomic E-state index is 10.3. The van der Waals surface area contributed by atoms with Crippen molar-refractivity contribution >= 4 is 6.29 Å². The zero-order valence-corrected chi connectivity index (χ0v) is 7.04. The van der Waals surface area contributed by atoms with Crippen molar-refractivity contribution in [3.05, 3.63) is 11.6 Å². The van der Waals surface area contributed by atoms with Gasteiger partial charge in [-0.15, -0.1) is 0 Å². The zero-order chi connectivity index (χ0) is 8.27. The quantitative estimate of drug-likeness (QED) is 0.445. The standard InChI is InChI=1S/C9H14O2/c1-3-8-6-11-7(2)9(8)4-5-10/h3,5,7,9H,4,6H2,1-2H3/b8-3-/t7-,9-/m1/s1. The minimum atomic E-state index is 0.214. The van der Waals surface area contributed by atoms with Gasteiger partial charge in [0.05, 0.1) is 12.7 Å². The monoisotopic (exact) mass is 154 g/mol. The molecule has 2 heteroatoms. The third kappa shape index (κ3) is 1.69. The molecule has 1 aliphatic heterocycles. The number of aldehydes is 1. The van der Waals surface area contributed by atoms with E-state index in [1.54, 1.807) is 0 Å². The Balaban J connectivity index is 2.63. The Morgan fingerprint density at radius 1 is 1.73 bits per heavy atom. The topological polar surface area (TPSA) is 26.3 Å². The van der Waals surface area contributed by atoms with Crippen LogP contribution in [0.3, 0.4) is 0 Å². The highest BCUT2D eigenvalue weighted by Gasteiger charge is 2.27. The Bertz CT molecular complexity index is 172. The van der Waals surface area contributed by atoms with E-state index in [0.29, 0.717) is 18.9 Å². The number of ether oxygens (including phenoxy) is 1. The lowest BCUT2D eigenvalue weighted by atomic mass is 9.94. The van der Waals surface area contributed by atoms with Crippen molar-refractivity contribution in [1.82, 2.24) is 0 Å². The maximum absolute atomic E-state index is 10.3. The Morgan fingerprint density at radius 3 is 3.00 bits per heavy atom. The summed E-state index contributed by atoms with van der Waals surface area (Å²) in [6.45, 7) is 4.72. The average Bonchev–Trinajstić information content (AvgIpc) is 2.34. The van der Waals surface area contributed by atoms with E-state index in [-0.39, 0.29) is 6.10 Å². The minimum Gasteiger partial charge on any atom is -0.374 e. The van der Waals surface area contributed by atoms with Crippen molar-refractivity contribution < 1.29 is 9.53 Å². The van der Waals surface area contributed by atoms with E-state index in [1.165, 1.54) is 5.57 Å². The van der Waals surface area contributed by atoms with E-state index in [2.05, 4.69) is 6.08 Å². The molecule has 0 unspecified atom stereocenters. The second-order valence-corrected chi connectivity index (χ2v) is 2.89. The van der Waals surface area contributed by atoms with Gasteiger partial charge in [-0.2, -0.15) is 0 Å². The maximum Gasteiger partial charge on any atom is 0.120 e. The van der Waals surface area contributed by atoms with Crippen molar-refractivity contribution in [2.45, 2.75) is 26.4 Å². The summed E-state index contributed by atoms with van der Waals surface area (Å²) in [6.07, 6.45) is 3.84. The average molecular weight is 154 g/mol. The SMILES string of the molecule is C/C=C1/CO[C@H](C)[C@H]1CC=O. The van der Waals surface area contributed by atoms with Crippen LogP contribution in [-0.2, 0) is 9.53 Å². The summed E-state index contributed by atoms with van der Waals surface area (Å²) < 4.78 is 5.39. The molecule has 1 saturated heterocycles. The van der Waals surface area contributed by atoms with Crippen molar-refractivity contribution in [1.29, 1.82) is 0 Å². The molecule has 62 valence electrons. The van der Waals surface area contributed by atoms with Crippen molar-refractivity contribution in [2.24, 2.45) is 5.92 Å². The first-order valence-electron chi connectivity index (χ1n) is 4.00. The van der Waals surface area contributed by atoms with Gasteiger partial charge in [-0.1, -0.05) is 6.08 Å². The highest BCUT2D eigenvalue weighted by atomic mass is 16.5. The molecule has 0 saturated carbocycles. The van der Waals surface area contributed by atoms with Gasteiger partial charge in [0.15, 0.2) is 0 Å². The third-order valence-corrected chi connectivity index (χ3v) is 2.28. The molecular formula is C9H14O2. The molecular weight excluding hydrogens is 140 g/mol. The lowest BCUT2D eigenvalue weighted by Crippen LogP contribution is -2.12. The molecule has 1 fully saturated rings. The first kappa shape index (κ1) is 8.47. The summed E-state index contributed by atoms with van der Waals surface area (Å²) in [5.41, 5.74) is 1.27. The van der Waals surface area contributed by atoms with Crippen LogP contribution in [0.25, 0.3) is 0 Å². The molecule has 0 aromatic heterocycles. The van der Waals surface area contributed by atoms with Gasteiger partial charge in [0.2, 0.25) is 0 Å².